The summed E-state index contributed by atoms with van der Waals surface area (Å²) >= 11 is 0. The summed E-state index contributed by atoms with van der Waals surface area (Å²) in [6.07, 6.45) is 1.61. The second-order valence-corrected chi connectivity index (χ2v) is 4.84. The lowest BCUT2D eigenvalue weighted by atomic mass is 10.2. The zero-order valence-electron chi connectivity index (χ0n) is 10.5. The van der Waals surface area contributed by atoms with E-state index in [4.69, 9.17) is 11.5 Å². The minimum Gasteiger partial charge on any atom is -0.385 e. The first-order chi connectivity index (χ1) is 8.58. The molecule has 0 amide bonds. The number of aromatic nitrogens is 1. The van der Waals surface area contributed by atoms with Gasteiger partial charge in [-0.3, -0.25) is 5.73 Å². The van der Waals surface area contributed by atoms with Crippen LogP contribution in [0.2, 0.25) is 0 Å². The third-order valence-electron chi connectivity index (χ3n) is 3.29. The van der Waals surface area contributed by atoms with Crippen LogP contribution in [-0.2, 0) is 0 Å². The molecule has 1 aliphatic heterocycles. The van der Waals surface area contributed by atoms with Gasteiger partial charge in [-0.15, -0.1) is 0 Å². The van der Waals surface area contributed by atoms with Crippen LogP contribution in [0.1, 0.15) is 19.9 Å². The second-order valence-electron chi connectivity index (χ2n) is 4.84. The van der Waals surface area contributed by atoms with E-state index in [2.05, 4.69) is 47.1 Å². The summed E-state index contributed by atoms with van der Waals surface area (Å²) in [5.74, 6) is 0.590. The highest BCUT2D eigenvalue weighted by molar-refractivity contribution is 5.80. The maximum Gasteiger partial charge on any atom is 0.173 e. The summed E-state index contributed by atoms with van der Waals surface area (Å²) in [6, 6.07) is 6.56. The van der Waals surface area contributed by atoms with E-state index in [1.165, 1.54) is 0 Å². The van der Waals surface area contributed by atoms with Crippen molar-refractivity contribution in [2.75, 3.05) is 0 Å². The fourth-order valence-corrected chi connectivity index (χ4v) is 2.44. The van der Waals surface area contributed by atoms with Gasteiger partial charge in [0.2, 0.25) is 0 Å². The molecule has 5 heteroatoms. The number of nitrogens with one attached hydrogen (secondary N) is 1. The minimum absolute atomic E-state index is 0.414. The van der Waals surface area contributed by atoms with Gasteiger partial charge in [0.25, 0.3) is 0 Å². The van der Waals surface area contributed by atoms with Gasteiger partial charge in [0.05, 0.1) is 10.9 Å². The first-order valence-corrected chi connectivity index (χ1v) is 6.07. The molecule has 18 heavy (non-hydrogen) atoms. The molecule has 2 aromatic rings. The van der Waals surface area contributed by atoms with Crippen molar-refractivity contribution in [3.8, 4) is 0 Å². The number of hydrogen-bond acceptors (Lipinski definition) is 4. The molecule has 1 aromatic heterocycles. The molecule has 3 rings (SSSR count). The van der Waals surface area contributed by atoms with Crippen molar-refractivity contribution in [3.05, 3.63) is 35.0 Å². The fraction of sp³-hybridized carbons (Fsp3) is 0.308. The molecule has 1 aliphatic rings. The summed E-state index contributed by atoms with van der Waals surface area (Å²) in [4.78, 5) is 4.45. The summed E-state index contributed by atoms with van der Waals surface area (Å²) in [5, 5.41) is 5.83. The SMILES string of the molecule is CC(C)n1ccc2c3c(ccc21)=C(N)NC(N)N=3. The van der Waals surface area contributed by atoms with Crippen molar-refractivity contribution in [2.24, 2.45) is 16.5 Å². The molecule has 1 atom stereocenters. The lowest BCUT2D eigenvalue weighted by Crippen LogP contribution is -2.49. The first-order valence-electron chi connectivity index (χ1n) is 6.07. The van der Waals surface area contributed by atoms with E-state index >= 15 is 0 Å². The zero-order chi connectivity index (χ0) is 12.9. The van der Waals surface area contributed by atoms with E-state index in [9.17, 15) is 0 Å². The summed E-state index contributed by atoms with van der Waals surface area (Å²) in [7, 11) is 0. The van der Waals surface area contributed by atoms with Gasteiger partial charge in [-0.2, -0.15) is 0 Å². The molecular weight excluding hydrogens is 226 g/mol. The van der Waals surface area contributed by atoms with Gasteiger partial charge in [0, 0.05) is 22.8 Å². The van der Waals surface area contributed by atoms with E-state index in [1.807, 2.05) is 6.07 Å². The molecule has 0 saturated heterocycles. The Morgan fingerprint density at radius 2 is 2.11 bits per heavy atom. The predicted octanol–water partition coefficient (Wildman–Crippen LogP) is -0.288. The maximum atomic E-state index is 5.95. The zero-order valence-corrected chi connectivity index (χ0v) is 10.5. The van der Waals surface area contributed by atoms with Crippen LogP contribution in [0.4, 0.5) is 0 Å². The number of rotatable bonds is 1. The van der Waals surface area contributed by atoms with Crippen LogP contribution >= 0.6 is 0 Å². The van der Waals surface area contributed by atoms with Crippen LogP contribution in [0.15, 0.2) is 29.4 Å². The summed E-state index contributed by atoms with van der Waals surface area (Å²) < 4.78 is 2.22. The normalized spacial score (nSPS) is 18.7. The molecular formula is C13H17N5. The van der Waals surface area contributed by atoms with Gasteiger partial charge in [-0.1, -0.05) is 0 Å². The average Bonchev–Trinajstić information content (AvgIpc) is 2.72. The lowest BCUT2D eigenvalue weighted by molar-refractivity contribution is 0.616. The number of hydrogen-bond donors (Lipinski definition) is 3. The Labute approximate surface area is 105 Å². The van der Waals surface area contributed by atoms with Crippen molar-refractivity contribution < 1.29 is 0 Å². The molecule has 5 N–H and O–H groups in total. The Morgan fingerprint density at radius 1 is 1.33 bits per heavy atom. The van der Waals surface area contributed by atoms with Crippen LogP contribution in [0, 0.1) is 0 Å². The van der Waals surface area contributed by atoms with Gasteiger partial charge in [-0.25, -0.2) is 4.99 Å². The van der Waals surface area contributed by atoms with E-state index in [1.54, 1.807) is 0 Å². The Morgan fingerprint density at radius 3 is 2.83 bits per heavy atom. The van der Waals surface area contributed by atoms with Gasteiger partial charge in [-0.05, 0) is 32.0 Å². The van der Waals surface area contributed by atoms with E-state index in [0.29, 0.717) is 11.9 Å². The largest absolute Gasteiger partial charge is 0.385 e. The summed E-state index contributed by atoms with van der Waals surface area (Å²) in [6.45, 7) is 4.31. The fourth-order valence-electron chi connectivity index (χ4n) is 2.44. The van der Waals surface area contributed by atoms with Crippen molar-refractivity contribution in [2.45, 2.75) is 26.2 Å². The standard InChI is InChI=1S/C13H17N5/c1-7(2)18-6-5-8-10(18)4-3-9-11(8)16-13(15)17-12(9)14/h3-7,13,17H,14-15H2,1-2H3. The number of fused-ring (bicyclic) bond motifs is 3. The van der Waals surface area contributed by atoms with E-state index in [-0.39, 0.29) is 0 Å². The highest BCUT2D eigenvalue weighted by atomic mass is 15.2. The van der Waals surface area contributed by atoms with Crippen LogP contribution < -0.4 is 27.4 Å². The molecule has 1 unspecified atom stereocenters. The Bertz CT molecular complexity index is 726. The van der Waals surface area contributed by atoms with Crippen LogP contribution in [0.5, 0.6) is 0 Å². The number of benzene rings is 1. The topological polar surface area (TPSA) is 81.4 Å². The van der Waals surface area contributed by atoms with E-state index in [0.717, 1.165) is 21.5 Å². The molecule has 0 spiro atoms. The van der Waals surface area contributed by atoms with Gasteiger partial charge in [0.1, 0.15) is 5.82 Å². The molecule has 0 fully saturated rings. The predicted molar refractivity (Wildman–Crippen MR) is 71.8 cm³/mol. The summed E-state index contributed by atoms with van der Waals surface area (Å²) in [5.41, 5.74) is 12.9. The van der Waals surface area contributed by atoms with Crippen LogP contribution in [0.25, 0.3) is 16.7 Å². The van der Waals surface area contributed by atoms with Crippen LogP contribution in [0.3, 0.4) is 0 Å². The van der Waals surface area contributed by atoms with Crippen molar-refractivity contribution in [3.63, 3.8) is 0 Å². The minimum atomic E-state index is -0.467. The third kappa shape index (κ3) is 1.48. The molecule has 5 nitrogen and oxygen atoms in total. The molecule has 94 valence electrons. The van der Waals surface area contributed by atoms with Gasteiger partial charge < -0.3 is 15.6 Å². The van der Waals surface area contributed by atoms with E-state index < -0.39 is 6.29 Å². The van der Waals surface area contributed by atoms with Crippen molar-refractivity contribution in [1.82, 2.24) is 9.88 Å². The second kappa shape index (κ2) is 3.74. The highest BCUT2D eigenvalue weighted by Gasteiger charge is 2.12. The molecule has 0 aliphatic carbocycles. The maximum absolute atomic E-state index is 5.95. The van der Waals surface area contributed by atoms with Crippen LogP contribution in [-0.4, -0.2) is 10.9 Å². The molecule has 1 aromatic carbocycles. The first kappa shape index (κ1) is 11.1. The number of nitrogens with two attached hydrogens (primary N) is 2. The molecule has 0 radical (unpaired) electrons. The Balaban J connectivity index is 2.45. The molecule has 2 heterocycles. The average molecular weight is 243 g/mol. The van der Waals surface area contributed by atoms with Crippen molar-refractivity contribution >= 4 is 16.7 Å². The van der Waals surface area contributed by atoms with Gasteiger partial charge >= 0.3 is 0 Å². The third-order valence-corrected chi connectivity index (χ3v) is 3.29. The smallest absolute Gasteiger partial charge is 0.173 e. The Kier molecular flexibility index (Phi) is 2.31. The molecule has 0 bridgehead atoms. The highest BCUT2D eigenvalue weighted by Crippen LogP contribution is 2.16. The monoisotopic (exact) mass is 243 g/mol. The molecule has 0 saturated carbocycles. The number of nitrogens with zero attached hydrogens (tertiary/aromatic N) is 2. The lowest BCUT2D eigenvalue weighted by Gasteiger charge is -2.16. The van der Waals surface area contributed by atoms with Crippen molar-refractivity contribution in [1.29, 1.82) is 0 Å². The Hall–Kier alpha value is -2.01. The van der Waals surface area contributed by atoms with Gasteiger partial charge in [0.15, 0.2) is 6.29 Å². The quantitative estimate of drug-likeness (QED) is 0.644.